The van der Waals surface area contributed by atoms with Gasteiger partial charge in [0.1, 0.15) is 0 Å². The monoisotopic (exact) mass is 258 g/mol. The van der Waals surface area contributed by atoms with Crippen molar-refractivity contribution >= 4 is 11.6 Å². The third kappa shape index (κ3) is 2.46. The predicted octanol–water partition coefficient (Wildman–Crippen LogP) is 2.92. The van der Waals surface area contributed by atoms with Crippen LogP contribution in [0.4, 0.5) is 5.69 Å². The number of anilines is 1. The zero-order valence-corrected chi connectivity index (χ0v) is 11.6. The minimum atomic E-state index is 0.212. The summed E-state index contributed by atoms with van der Waals surface area (Å²) >= 11 is 0. The normalized spacial score (nSPS) is 19.1. The van der Waals surface area contributed by atoms with Crippen molar-refractivity contribution in [3.05, 3.63) is 29.3 Å². The molecule has 0 saturated carbocycles. The molecule has 2 aliphatic rings. The van der Waals surface area contributed by atoms with E-state index in [4.69, 9.17) is 0 Å². The van der Waals surface area contributed by atoms with Crippen molar-refractivity contribution < 1.29 is 4.79 Å². The first-order chi connectivity index (χ1) is 9.28. The van der Waals surface area contributed by atoms with Crippen molar-refractivity contribution in [1.29, 1.82) is 0 Å². The molecule has 2 aliphatic heterocycles. The quantitative estimate of drug-likeness (QED) is 0.884. The van der Waals surface area contributed by atoms with Gasteiger partial charge in [-0.25, -0.2) is 0 Å². The van der Waals surface area contributed by atoms with E-state index >= 15 is 0 Å². The standard InChI is InChI=1S/C16H22N2O/c1-2-12-6-9-18(10-7-12)16(19)14-3-4-15-13(11-14)5-8-17-15/h3-4,11-12,17H,2,5-10H2,1H3. The maximum Gasteiger partial charge on any atom is 0.253 e. The lowest BCUT2D eigenvalue weighted by atomic mass is 9.94. The van der Waals surface area contributed by atoms with E-state index in [9.17, 15) is 4.79 Å². The largest absolute Gasteiger partial charge is 0.384 e. The fourth-order valence-corrected chi connectivity index (χ4v) is 3.16. The number of hydrogen-bond acceptors (Lipinski definition) is 2. The molecule has 0 bridgehead atoms. The predicted molar refractivity (Wildman–Crippen MR) is 77.6 cm³/mol. The van der Waals surface area contributed by atoms with Crippen molar-refractivity contribution in [2.75, 3.05) is 25.0 Å². The van der Waals surface area contributed by atoms with Gasteiger partial charge in [-0.3, -0.25) is 4.79 Å². The number of amides is 1. The SMILES string of the molecule is CCC1CCN(C(=O)c2ccc3c(c2)CCN3)CC1. The van der Waals surface area contributed by atoms with Gasteiger partial charge < -0.3 is 10.2 Å². The Hall–Kier alpha value is -1.51. The molecule has 0 spiro atoms. The summed E-state index contributed by atoms with van der Waals surface area (Å²) in [6.45, 7) is 5.09. The summed E-state index contributed by atoms with van der Waals surface area (Å²) in [6.07, 6.45) is 4.60. The first-order valence-corrected chi connectivity index (χ1v) is 7.44. The van der Waals surface area contributed by atoms with Gasteiger partial charge in [-0.1, -0.05) is 13.3 Å². The molecule has 1 fully saturated rings. The highest BCUT2D eigenvalue weighted by molar-refractivity contribution is 5.95. The van der Waals surface area contributed by atoms with E-state index in [-0.39, 0.29) is 5.91 Å². The second kappa shape index (κ2) is 5.24. The average Bonchev–Trinajstić information content (AvgIpc) is 2.94. The van der Waals surface area contributed by atoms with Gasteiger partial charge in [-0.15, -0.1) is 0 Å². The number of benzene rings is 1. The van der Waals surface area contributed by atoms with E-state index in [1.165, 1.54) is 17.7 Å². The molecule has 1 aromatic rings. The van der Waals surface area contributed by atoms with Crippen LogP contribution in [-0.4, -0.2) is 30.4 Å². The molecule has 2 heterocycles. The van der Waals surface area contributed by atoms with Crippen LogP contribution in [0, 0.1) is 5.92 Å². The van der Waals surface area contributed by atoms with Gasteiger partial charge in [0.2, 0.25) is 0 Å². The zero-order chi connectivity index (χ0) is 13.2. The van der Waals surface area contributed by atoms with Crippen molar-refractivity contribution in [3.8, 4) is 0 Å². The smallest absolute Gasteiger partial charge is 0.253 e. The fourth-order valence-electron chi connectivity index (χ4n) is 3.16. The second-order valence-electron chi connectivity index (χ2n) is 5.69. The summed E-state index contributed by atoms with van der Waals surface area (Å²) in [6, 6.07) is 6.09. The lowest BCUT2D eigenvalue weighted by Gasteiger charge is -2.31. The van der Waals surface area contributed by atoms with Crippen LogP contribution in [-0.2, 0) is 6.42 Å². The Morgan fingerprint density at radius 2 is 2.16 bits per heavy atom. The van der Waals surface area contributed by atoms with Crippen molar-refractivity contribution in [2.45, 2.75) is 32.6 Å². The molecule has 0 atom stereocenters. The van der Waals surface area contributed by atoms with E-state index in [0.717, 1.165) is 50.4 Å². The van der Waals surface area contributed by atoms with Crippen molar-refractivity contribution in [1.82, 2.24) is 4.90 Å². The van der Waals surface area contributed by atoms with Crippen LogP contribution < -0.4 is 5.32 Å². The highest BCUT2D eigenvalue weighted by atomic mass is 16.2. The van der Waals surface area contributed by atoms with Crippen LogP contribution >= 0.6 is 0 Å². The van der Waals surface area contributed by atoms with Crippen LogP contribution in [0.5, 0.6) is 0 Å². The maximum atomic E-state index is 12.5. The summed E-state index contributed by atoms with van der Waals surface area (Å²) in [7, 11) is 0. The Morgan fingerprint density at radius 1 is 1.37 bits per heavy atom. The fraction of sp³-hybridized carbons (Fsp3) is 0.562. The van der Waals surface area contributed by atoms with Crippen LogP contribution in [0.25, 0.3) is 0 Å². The van der Waals surface area contributed by atoms with Gasteiger partial charge in [0, 0.05) is 30.9 Å². The molecule has 1 N–H and O–H groups in total. The van der Waals surface area contributed by atoms with E-state index in [1.807, 2.05) is 17.0 Å². The lowest BCUT2D eigenvalue weighted by molar-refractivity contribution is 0.0689. The Morgan fingerprint density at radius 3 is 2.89 bits per heavy atom. The van der Waals surface area contributed by atoms with E-state index in [0.29, 0.717) is 0 Å². The zero-order valence-electron chi connectivity index (χ0n) is 11.6. The number of nitrogens with one attached hydrogen (secondary N) is 1. The van der Waals surface area contributed by atoms with Crippen molar-refractivity contribution in [3.63, 3.8) is 0 Å². The second-order valence-corrected chi connectivity index (χ2v) is 5.69. The number of fused-ring (bicyclic) bond motifs is 1. The van der Waals surface area contributed by atoms with E-state index < -0.39 is 0 Å². The van der Waals surface area contributed by atoms with Gasteiger partial charge in [-0.2, -0.15) is 0 Å². The number of likely N-dealkylation sites (tertiary alicyclic amines) is 1. The summed E-state index contributed by atoms with van der Waals surface area (Å²) < 4.78 is 0. The molecule has 1 saturated heterocycles. The Balaban J connectivity index is 1.70. The maximum absolute atomic E-state index is 12.5. The molecule has 19 heavy (non-hydrogen) atoms. The number of rotatable bonds is 2. The molecule has 0 aliphatic carbocycles. The van der Waals surface area contributed by atoms with Gasteiger partial charge in [0.15, 0.2) is 0 Å². The number of hydrogen-bond donors (Lipinski definition) is 1. The molecular formula is C16H22N2O. The first kappa shape index (κ1) is 12.5. The Kier molecular flexibility index (Phi) is 3.45. The summed E-state index contributed by atoms with van der Waals surface area (Å²) in [5, 5.41) is 3.33. The van der Waals surface area contributed by atoms with Gasteiger partial charge in [0.25, 0.3) is 5.91 Å². The molecule has 0 aromatic heterocycles. The van der Waals surface area contributed by atoms with Crippen LogP contribution in [0.1, 0.15) is 42.1 Å². The molecule has 0 unspecified atom stereocenters. The minimum absolute atomic E-state index is 0.212. The lowest BCUT2D eigenvalue weighted by Crippen LogP contribution is -2.38. The average molecular weight is 258 g/mol. The summed E-state index contributed by atoms with van der Waals surface area (Å²) in [5.74, 6) is 1.03. The third-order valence-electron chi connectivity index (χ3n) is 4.54. The third-order valence-corrected chi connectivity index (χ3v) is 4.54. The topological polar surface area (TPSA) is 32.3 Å². The number of carbonyl (C=O) groups excluding carboxylic acids is 1. The van der Waals surface area contributed by atoms with Crippen LogP contribution in [0.2, 0.25) is 0 Å². The minimum Gasteiger partial charge on any atom is -0.384 e. The molecule has 3 nitrogen and oxygen atoms in total. The molecule has 3 rings (SSSR count). The van der Waals surface area contributed by atoms with E-state index in [2.05, 4.69) is 18.3 Å². The van der Waals surface area contributed by atoms with Gasteiger partial charge >= 0.3 is 0 Å². The molecular weight excluding hydrogens is 236 g/mol. The van der Waals surface area contributed by atoms with Crippen LogP contribution in [0.15, 0.2) is 18.2 Å². The van der Waals surface area contributed by atoms with Crippen molar-refractivity contribution in [2.24, 2.45) is 5.92 Å². The Labute approximate surface area is 115 Å². The Bertz CT molecular complexity index is 476. The van der Waals surface area contributed by atoms with E-state index in [1.54, 1.807) is 0 Å². The number of nitrogens with zero attached hydrogens (tertiary/aromatic N) is 1. The molecule has 1 aromatic carbocycles. The highest BCUT2D eigenvalue weighted by Crippen LogP contribution is 2.25. The van der Waals surface area contributed by atoms with Crippen LogP contribution in [0.3, 0.4) is 0 Å². The molecule has 102 valence electrons. The summed E-state index contributed by atoms with van der Waals surface area (Å²) in [5.41, 5.74) is 3.34. The van der Waals surface area contributed by atoms with Gasteiger partial charge in [0.05, 0.1) is 0 Å². The molecule has 1 amide bonds. The molecule has 3 heteroatoms. The number of carbonyl (C=O) groups is 1. The first-order valence-electron chi connectivity index (χ1n) is 7.44. The molecule has 0 radical (unpaired) electrons. The summed E-state index contributed by atoms with van der Waals surface area (Å²) in [4.78, 5) is 14.5. The number of piperidine rings is 1. The van der Waals surface area contributed by atoms with Gasteiger partial charge in [-0.05, 0) is 48.9 Å². The highest BCUT2D eigenvalue weighted by Gasteiger charge is 2.23.